The summed E-state index contributed by atoms with van der Waals surface area (Å²) in [5.41, 5.74) is 5.75. The topological polar surface area (TPSA) is 65.1 Å². The minimum absolute atomic E-state index is 0.0216. The largest absolute Gasteiger partial charge is 0.365 e. The average molecular weight is 230 g/mol. The second-order valence-corrected chi connectivity index (χ2v) is 4.25. The number of carbonyl (C=O) groups is 1. The molecule has 4 nitrogen and oxygen atoms in total. The van der Waals surface area contributed by atoms with Gasteiger partial charge in [0.1, 0.15) is 5.56 Å². The number of rotatable bonds is 2. The number of primary amides is 1. The van der Waals surface area contributed by atoms with Gasteiger partial charge in [-0.25, -0.2) is 0 Å². The van der Waals surface area contributed by atoms with Crippen molar-refractivity contribution in [3.63, 3.8) is 0 Å². The second-order valence-electron chi connectivity index (χ2n) is 4.25. The number of nitrogens with two attached hydrogens (primary N) is 1. The van der Waals surface area contributed by atoms with E-state index in [0.29, 0.717) is 0 Å². The molecule has 0 unspecified atom stereocenters. The molecule has 0 fully saturated rings. The number of nitrogens with zero attached hydrogens (tertiary/aromatic N) is 1. The van der Waals surface area contributed by atoms with Crippen molar-refractivity contribution >= 4 is 16.8 Å². The number of amides is 1. The Balaban J connectivity index is 2.96. The van der Waals surface area contributed by atoms with Crippen molar-refractivity contribution in [1.82, 2.24) is 4.57 Å². The average Bonchev–Trinajstić information content (AvgIpc) is 2.27. The van der Waals surface area contributed by atoms with Crippen LogP contribution in [-0.4, -0.2) is 10.5 Å². The van der Waals surface area contributed by atoms with Gasteiger partial charge in [0.25, 0.3) is 11.5 Å². The van der Waals surface area contributed by atoms with Crippen LogP contribution in [0.3, 0.4) is 0 Å². The normalized spacial score (nSPS) is 11.0. The van der Waals surface area contributed by atoms with Crippen LogP contribution in [-0.2, 0) is 0 Å². The summed E-state index contributed by atoms with van der Waals surface area (Å²) < 4.78 is 1.59. The summed E-state index contributed by atoms with van der Waals surface area (Å²) in [6, 6.07) is 8.99. The van der Waals surface area contributed by atoms with E-state index >= 15 is 0 Å². The second kappa shape index (κ2) is 4.05. The molecule has 0 saturated carbocycles. The maximum atomic E-state index is 12.1. The highest BCUT2D eigenvalue weighted by Gasteiger charge is 2.14. The number of benzene rings is 1. The number of hydrogen-bond donors (Lipinski definition) is 1. The predicted octanol–water partition coefficient (Wildman–Crippen LogP) is 1.68. The van der Waals surface area contributed by atoms with Gasteiger partial charge < -0.3 is 10.3 Å². The van der Waals surface area contributed by atoms with Gasteiger partial charge in [0.15, 0.2) is 0 Å². The number of aromatic nitrogens is 1. The number of hydrogen-bond acceptors (Lipinski definition) is 2. The van der Waals surface area contributed by atoms with Crippen molar-refractivity contribution in [2.75, 3.05) is 0 Å². The van der Waals surface area contributed by atoms with E-state index in [-0.39, 0.29) is 17.2 Å². The van der Waals surface area contributed by atoms with Crippen LogP contribution in [0.1, 0.15) is 30.2 Å². The lowest BCUT2D eigenvalue weighted by Crippen LogP contribution is -2.30. The summed E-state index contributed by atoms with van der Waals surface area (Å²) in [6.07, 6.45) is 0. The van der Waals surface area contributed by atoms with Crippen molar-refractivity contribution in [3.05, 3.63) is 46.2 Å². The fourth-order valence-electron chi connectivity index (χ4n) is 1.97. The summed E-state index contributed by atoms with van der Waals surface area (Å²) in [5.74, 6) is -0.685. The van der Waals surface area contributed by atoms with Crippen LogP contribution < -0.4 is 11.3 Å². The first-order chi connectivity index (χ1) is 8.02. The first-order valence-electron chi connectivity index (χ1n) is 5.46. The zero-order chi connectivity index (χ0) is 12.6. The molecule has 17 heavy (non-hydrogen) atoms. The van der Waals surface area contributed by atoms with E-state index in [2.05, 4.69) is 0 Å². The molecule has 0 spiro atoms. The Morgan fingerprint density at radius 2 is 1.94 bits per heavy atom. The van der Waals surface area contributed by atoms with Gasteiger partial charge in [-0.1, -0.05) is 18.2 Å². The van der Waals surface area contributed by atoms with Gasteiger partial charge in [-0.3, -0.25) is 9.59 Å². The lowest BCUT2D eigenvalue weighted by molar-refractivity contribution is 0.0998. The summed E-state index contributed by atoms with van der Waals surface area (Å²) in [4.78, 5) is 23.4. The Morgan fingerprint density at radius 3 is 2.53 bits per heavy atom. The van der Waals surface area contributed by atoms with Crippen LogP contribution in [0.25, 0.3) is 10.9 Å². The molecule has 0 aliphatic rings. The Hall–Kier alpha value is -2.10. The molecule has 0 radical (unpaired) electrons. The van der Waals surface area contributed by atoms with E-state index in [1.54, 1.807) is 10.6 Å². The van der Waals surface area contributed by atoms with Gasteiger partial charge in [-0.15, -0.1) is 0 Å². The predicted molar refractivity (Wildman–Crippen MR) is 67.1 cm³/mol. The highest BCUT2D eigenvalue weighted by molar-refractivity contribution is 5.96. The van der Waals surface area contributed by atoms with Crippen molar-refractivity contribution < 1.29 is 4.79 Å². The fourth-order valence-corrected chi connectivity index (χ4v) is 1.97. The molecule has 2 aromatic rings. The molecule has 2 N–H and O–H groups in total. The minimum atomic E-state index is -0.685. The molecule has 4 heteroatoms. The van der Waals surface area contributed by atoms with Crippen LogP contribution >= 0.6 is 0 Å². The van der Waals surface area contributed by atoms with Crippen LogP contribution in [0, 0.1) is 0 Å². The van der Waals surface area contributed by atoms with Gasteiger partial charge in [-0.05, 0) is 31.4 Å². The summed E-state index contributed by atoms with van der Waals surface area (Å²) in [5, 5.41) is 0.842. The number of carbonyl (C=O) groups excluding carboxylic acids is 1. The molecular weight excluding hydrogens is 216 g/mol. The summed E-state index contributed by atoms with van der Waals surface area (Å²) in [6.45, 7) is 3.80. The number of pyridine rings is 1. The molecule has 0 bridgehead atoms. The highest BCUT2D eigenvalue weighted by atomic mass is 16.2. The van der Waals surface area contributed by atoms with E-state index < -0.39 is 5.91 Å². The van der Waals surface area contributed by atoms with Crippen LogP contribution in [0.15, 0.2) is 35.1 Å². The third-order valence-electron chi connectivity index (χ3n) is 2.73. The van der Waals surface area contributed by atoms with E-state index in [1.165, 1.54) is 0 Å². The van der Waals surface area contributed by atoms with Crippen molar-refractivity contribution in [3.8, 4) is 0 Å². The van der Waals surface area contributed by atoms with Gasteiger partial charge in [0.2, 0.25) is 0 Å². The zero-order valence-electron chi connectivity index (χ0n) is 9.81. The Morgan fingerprint density at radius 1 is 1.29 bits per heavy atom. The quantitative estimate of drug-likeness (QED) is 0.853. The van der Waals surface area contributed by atoms with Gasteiger partial charge in [0.05, 0.1) is 5.52 Å². The smallest absolute Gasteiger partial charge is 0.264 e. The standard InChI is InChI=1S/C13H14N2O2/c1-8(2)15-11-6-4-3-5-9(11)7-10(12(14)16)13(15)17/h3-8H,1-2H3,(H2,14,16). The molecule has 0 aliphatic heterocycles. The van der Waals surface area contributed by atoms with E-state index in [0.717, 1.165) is 10.9 Å². The lowest BCUT2D eigenvalue weighted by atomic mass is 10.1. The molecule has 1 heterocycles. The Kier molecular flexibility index (Phi) is 2.71. The molecular formula is C13H14N2O2. The van der Waals surface area contributed by atoms with Gasteiger partial charge in [-0.2, -0.15) is 0 Å². The van der Waals surface area contributed by atoms with Crippen molar-refractivity contribution in [1.29, 1.82) is 0 Å². The highest BCUT2D eigenvalue weighted by Crippen LogP contribution is 2.16. The zero-order valence-corrected chi connectivity index (χ0v) is 9.81. The third-order valence-corrected chi connectivity index (χ3v) is 2.73. The molecule has 1 aromatic heterocycles. The molecule has 2 rings (SSSR count). The van der Waals surface area contributed by atoms with Gasteiger partial charge in [0, 0.05) is 6.04 Å². The molecule has 0 atom stereocenters. The minimum Gasteiger partial charge on any atom is -0.365 e. The Labute approximate surface area is 98.7 Å². The SMILES string of the molecule is CC(C)n1c(=O)c(C(N)=O)cc2ccccc21. The number of para-hydroxylation sites is 1. The first-order valence-corrected chi connectivity index (χ1v) is 5.46. The van der Waals surface area contributed by atoms with Crippen molar-refractivity contribution in [2.45, 2.75) is 19.9 Å². The molecule has 0 aliphatic carbocycles. The maximum absolute atomic E-state index is 12.1. The summed E-state index contributed by atoms with van der Waals surface area (Å²) >= 11 is 0. The third kappa shape index (κ3) is 1.82. The fraction of sp³-hybridized carbons (Fsp3) is 0.231. The number of fused-ring (bicyclic) bond motifs is 1. The molecule has 0 saturated heterocycles. The molecule has 1 aromatic carbocycles. The van der Waals surface area contributed by atoms with E-state index in [4.69, 9.17) is 5.73 Å². The van der Waals surface area contributed by atoms with E-state index in [1.807, 2.05) is 38.1 Å². The Bertz CT molecular complexity index is 641. The molecule has 1 amide bonds. The van der Waals surface area contributed by atoms with Crippen molar-refractivity contribution in [2.24, 2.45) is 5.73 Å². The lowest BCUT2D eigenvalue weighted by Gasteiger charge is -2.14. The maximum Gasteiger partial charge on any atom is 0.264 e. The first kappa shape index (κ1) is 11.4. The van der Waals surface area contributed by atoms with Crippen LogP contribution in [0.4, 0.5) is 0 Å². The van der Waals surface area contributed by atoms with Crippen LogP contribution in [0.2, 0.25) is 0 Å². The van der Waals surface area contributed by atoms with E-state index in [9.17, 15) is 9.59 Å². The van der Waals surface area contributed by atoms with Crippen LogP contribution in [0.5, 0.6) is 0 Å². The monoisotopic (exact) mass is 230 g/mol. The molecule has 88 valence electrons. The van der Waals surface area contributed by atoms with Gasteiger partial charge >= 0.3 is 0 Å². The summed E-state index contributed by atoms with van der Waals surface area (Å²) in [7, 11) is 0.